The quantitative estimate of drug-likeness (QED) is 0.509. The van der Waals surface area contributed by atoms with Gasteiger partial charge in [-0.25, -0.2) is 13.2 Å². The van der Waals surface area contributed by atoms with Crippen molar-refractivity contribution in [3.05, 3.63) is 53.6 Å². The van der Waals surface area contributed by atoms with E-state index in [0.29, 0.717) is 45.0 Å². The van der Waals surface area contributed by atoms with E-state index in [4.69, 9.17) is 0 Å². The molecule has 1 aliphatic heterocycles. The molecule has 3 rings (SSSR count). The van der Waals surface area contributed by atoms with Crippen LogP contribution in [0.15, 0.2) is 47.4 Å². The van der Waals surface area contributed by atoms with Gasteiger partial charge in [0.15, 0.2) is 0 Å². The summed E-state index contributed by atoms with van der Waals surface area (Å²) in [6, 6.07) is 10.9. The van der Waals surface area contributed by atoms with Crippen LogP contribution in [0, 0.1) is 6.92 Å². The number of piperazine rings is 1. The Morgan fingerprint density at radius 3 is 2.30 bits per heavy atom. The Labute approximate surface area is 194 Å². The van der Waals surface area contributed by atoms with Crippen molar-refractivity contribution in [2.24, 2.45) is 0 Å². The smallest absolute Gasteiger partial charge is 0.337 e. The maximum Gasteiger partial charge on any atom is 0.337 e. The van der Waals surface area contributed by atoms with Gasteiger partial charge in [0, 0.05) is 38.4 Å². The molecule has 0 atom stereocenters. The third kappa shape index (κ3) is 6.45. The lowest BCUT2D eigenvalue weighted by Gasteiger charge is -2.36. The molecule has 2 aromatic rings. The predicted octanol–water partition coefficient (Wildman–Crippen LogP) is 2.14. The number of carboxylic acids is 1. The van der Waals surface area contributed by atoms with Gasteiger partial charge in [0.05, 0.1) is 22.7 Å². The molecule has 3 N–H and O–H groups in total. The van der Waals surface area contributed by atoms with E-state index in [2.05, 4.69) is 10.0 Å². The van der Waals surface area contributed by atoms with Crippen LogP contribution < -0.4 is 14.9 Å². The molecular formula is C23H30N4O5S. The van der Waals surface area contributed by atoms with Crippen LogP contribution in [0.2, 0.25) is 0 Å². The maximum absolute atomic E-state index is 12.7. The third-order valence-corrected chi connectivity index (χ3v) is 6.86. The van der Waals surface area contributed by atoms with E-state index >= 15 is 0 Å². The Morgan fingerprint density at radius 2 is 1.70 bits per heavy atom. The van der Waals surface area contributed by atoms with Gasteiger partial charge >= 0.3 is 5.97 Å². The summed E-state index contributed by atoms with van der Waals surface area (Å²) in [6.45, 7) is 7.22. The van der Waals surface area contributed by atoms with Gasteiger partial charge in [-0.2, -0.15) is 0 Å². The lowest BCUT2D eigenvalue weighted by molar-refractivity contribution is -0.122. The van der Waals surface area contributed by atoms with Crippen molar-refractivity contribution >= 4 is 33.3 Å². The van der Waals surface area contributed by atoms with Crippen LogP contribution in [0.5, 0.6) is 0 Å². The van der Waals surface area contributed by atoms with E-state index in [0.717, 1.165) is 12.0 Å². The molecule has 10 heteroatoms. The van der Waals surface area contributed by atoms with Crippen molar-refractivity contribution in [1.29, 1.82) is 0 Å². The summed E-state index contributed by atoms with van der Waals surface area (Å²) in [5.74, 6) is -1.15. The van der Waals surface area contributed by atoms with E-state index in [9.17, 15) is 23.1 Å². The number of hydrogen-bond acceptors (Lipinski definition) is 6. The molecule has 0 spiro atoms. The predicted molar refractivity (Wildman–Crippen MR) is 127 cm³/mol. The molecule has 1 heterocycles. The number of aryl methyl sites for hydroxylation is 1. The highest BCUT2D eigenvalue weighted by atomic mass is 32.2. The second-order valence-electron chi connectivity index (χ2n) is 8.07. The first-order valence-corrected chi connectivity index (χ1v) is 12.4. The first kappa shape index (κ1) is 24.5. The summed E-state index contributed by atoms with van der Waals surface area (Å²) >= 11 is 0. The average molecular weight is 475 g/mol. The third-order valence-electron chi connectivity index (χ3n) is 5.46. The van der Waals surface area contributed by atoms with Crippen LogP contribution in [0.3, 0.4) is 0 Å². The highest BCUT2D eigenvalue weighted by Gasteiger charge is 2.24. The monoisotopic (exact) mass is 474 g/mol. The molecule has 0 aliphatic carbocycles. The number of carboxylic acid groups (broad SMARTS) is 1. The van der Waals surface area contributed by atoms with E-state index in [1.54, 1.807) is 24.3 Å². The lowest BCUT2D eigenvalue weighted by atomic mass is 10.1. The van der Waals surface area contributed by atoms with Crippen LogP contribution in [0.4, 0.5) is 11.4 Å². The number of benzene rings is 2. The zero-order valence-electron chi connectivity index (χ0n) is 18.9. The molecule has 9 nitrogen and oxygen atoms in total. The maximum atomic E-state index is 12.7. The van der Waals surface area contributed by atoms with E-state index in [1.807, 2.05) is 23.6 Å². The fourth-order valence-corrected chi connectivity index (χ4v) is 4.70. The summed E-state index contributed by atoms with van der Waals surface area (Å²) in [5, 5.41) is 12.6. The molecule has 1 amide bonds. The Kier molecular flexibility index (Phi) is 7.93. The van der Waals surface area contributed by atoms with Gasteiger partial charge in [0.25, 0.3) is 10.0 Å². The van der Waals surface area contributed by atoms with Crippen molar-refractivity contribution < 1.29 is 23.1 Å². The van der Waals surface area contributed by atoms with Crippen LogP contribution in [-0.2, 0) is 14.8 Å². The number of hydrogen-bond donors (Lipinski definition) is 3. The zero-order chi connectivity index (χ0) is 24.0. The second kappa shape index (κ2) is 10.7. The molecule has 0 aromatic heterocycles. The number of nitrogens with one attached hydrogen (secondary N) is 2. The highest BCUT2D eigenvalue weighted by molar-refractivity contribution is 7.92. The molecule has 1 saturated heterocycles. The number of anilines is 2. The fraction of sp³-hybridized carbons (Fsp3) is 0.391. The van der Waals surface area contributed by atoms with E-state index in [1.165, 1.54) is 18.2 Å². The Balaban J connectivity index is 1.70. The number of nitrogens with zero attached hydrogens (tertiary/aromatic N) is 2. The standard InChI is InChI=1S/C23H30N4O5S/c1-3-10-24-22(28)16-26-11-13-27(14-12-26)21-9-6-18(15-20(21)23(29)30)25-33(31,32)19-7-4-17(2)5-8-19/h4-9,15,25H,3,10-14,16H2,1-2H3,(H,24,28)(H,29,30). The molecule has 0 bridgehead atoms. The molecule has 0 radical (unpaired) electrons. The van der Waals surface area contributed by atoms with Crippen LogP contribution in [-0.4, -0.2) is 69.6 Å². The van der Waals surface area contributed by atoms with Gasteiger partial charge < -0.3 is 15.3 Å². The molecule has 0 saturated carbocycles. The van der Waals surface area contributed by atoms with Crippen LogP contribution >= 0.6 is 0 Å². The summed E-state index contributed by atoms with van der Waals surface area (Å²) in [6.07, 6.45) is 0.884. The highest BCUT2D eigenvalue weighted by Crippen LogP contribution is 2.27. The Bertz CT molecular complexity index is 1090. The fourth-order valence-electron chi connectivity index (χ4n) is 3.65. The normalized spacial score (nSPS) is 14.7. The Hall–Kier alpha value is -3.11. The van der Waals surface area contributed by atoms with Gasteiger partial charge in [0.2, 0.25) is 5.91 Å². The first-order chi connectivity index (χ1) is 15.7. The average Bonchev–Trinajstić information content (AvgIpc) is 2.78. The van der Waals surface area contributed by atoms with Gasteiger partial charge in [-0.05, 0) is 43.7 Å². The summed E-state index contributed by atoms with van der Waals surface area (Å²) in [4.78, 5) is 28.0. The minimum atomic E-state index is -3.84. The largest absolute Gasteiger partial charge is 0.478 e. The molecule has 2 aromatic carbocycles. The van der Waals surface area contributed by atoms with Crippen molar-refractivity contribution in [3.63, 3.8) is 0 Å². The number of carbonyl (C=O) groups excluding carboxylic acids is 1. The minimum absolute atomic E-state index is 0.0123. The SMILES string of the molecule is CCCNC(=O)CN1CCN(c2ccc(NS(=O)(=O)c3ccc(C)cc3)cc2C(=O)O)CC1. The second-order valence-corrected chi connectivity index (χ2v) is 9.75. The number of carbonyl (C=O) groups is 2. The molecule has 0 unspecified atom stereocenters. The molecular weight excluding hydrogens is 444 g/mol. The minimum Gasteiger partial charge on any atom is -0.478 e. The van der Waals surface area contributed by atoms with Crippen LogP contribution in [0.1, 0.15) is 29.3 Å². The van der Waals surface area contributed by atoms with Crippen molar-refractivity contribution in [3.8, 4) is 0 Å². The van der Waals surface area contributed by atoms with Crippen LogP contribution in [0.25, 0.3) is 0 Å². The molecule has 1 fully saturated rings. The number of aromatic carboxylic acids is 1. The van der Waals surface area contributed by atoms with Gasteiger partial charge in [-0.1, -0.05) is 24.6 Å². The van der Waals surface area contributed by atoms with Crippen molar-refractivity contribution in [2.45, 2.75) is 25.2 Å². The summed E-state index contributed by atoms with van der Waals surface area (Å²) in [7, 11) is -3.84. The van der Waals surface area contributed by atoms with Gasteiger partial charge in [-0.3, -0.25) is 14.4 Å². The number of amides is 1. The van der Waals surface area contributed by atoms with E-state index in [-0.39, 0.29) is 22.1 Å². The van der Waals surface area contributed by atoms with E-state index < -0.39 is 16.0 Å². The number of rotatable bonds is 9. The first-order valence-electron chi connectivity index (χ1n) is 10.9. The molecule has 1 aliphatic rings. The lowest BCUT2D eigenvalue weighted by Crippen LogP contribution is -2.49. The summed E-state index contributed by atoms with van der Waals surface area (Å²) < 4.78 is 27.8. The van der Waals surface area contributed by atoms with Crippen molar-refractivity contribution in [2.75, 3.05) is 48.9 Å². The Morgan fingerprint density at radius 1 is 1.03 bits per heavy atom. The zero-order valence-corrected chi connectivity index (χ0v) is 19.7. The van der Waals surface area contributed by atoms with Gasteiger partial charge in [-0.15, -0.1) is 0 Å². The topological polar surface area (TPSA) is 119 Å². The molecule has 33 heavy (non-hydrogen) atoms. The van der Waals surface area contributed by atoms with Crippen molar-refractivity contribution in [1.82, 2.24) is 10.2 Å². The van der Waals surface area contributed by atoms with Gasteiger partial charge in [0.1, 0.15) is 0 Å². The number of sulfonamides is 1. The summed E-state index contributed by atoms with van der Waals surface area (Å²) in [5.41, 5.74) is 1.67. The molecule has 178 valence electrons.